The topological polar surface area (TPSA) is 87.1 Å². The Morgan fingerprint density at radius 2 is 1.94 bits per heavy atom. The minimum atomic E-state index is -0.415. The molecule has 1 aliphatic heterocycles. The van der Waals surface area contributed by atoms with E-state index in [1.807, 2.05) is 31.1 Å². The van der Waals surface area contributed by atoms with Crippen LogP contribution in [0.5, 0.6) is 0 Å². The molecule has 1 amide bonds. The summed E-state index contributed by atoms with van der Waals surface area (Å²) >= 11 is 0. The molecule has 8 nitrogen and oxygen atoms in total. The van der Waals surface area contributed by atoms with Gasteiger partial charge in [-0.2, -0.15) is 0 Å². The van der Waals surface area contributed by atoms with Crippen LogP contribution in [0.3, 0.4) is 0 Å². The van der Waals surface area contributed by atoms with Crippen molar-refractivity contribution < 1.29 is 9.18 Å². The number of carbonyl (C=O) groups excluding carboxylic acids is 1. The van der Waals surface area contributed by atoms with Crippen molar-refractivity contribution in [2.45, 2.75) is 18.9 Å². The largest absolute Gasteiger partial charge is 0.337 e. The van der Waals surface area contributed by atoms with Gasteiger partial charge in [-0.05, 0) is 80.9 Å². The Kier molecular flexibility index (Phi) is 5.70. The Hall–Kier alpha value is -3.85. The van der Waals surface area contributed by atoms with Crippen LogP contribution in [0.15, 0.2) is 59.5 Å². The number of amides is 1. The number of nitrogens with zero attached hydrogens (tertiary/aromatic N) is 5. The van der Waals surface area contributed by atoms with Crippen molar-refractivity contribution in [3.63, 3.8) is 0 Å². The lowest BCUT2D eigenvalue weighted by Crippen LogP contribution is -2.47. The number of piperidine rings is 1. The van der Waals surface area contributed by atoms with E-state index in [1.165, 1.54) is 12.1 Å². The predicted molar refractivity (Wildman–Crippen MR) is 127 cm³/mol. The summed E-state index contributed by atoms with van der Waals surface area (Å²) in [7, 11) is 4.09. The normalized spacial score (nSPS) is 16.4. The summed E-state index contributed by atoms with van der Waals surface area (Å²) in [4.78, 5) is 32.3. The Bertz CT molecular complexity index is 1410. The minimum Gasteiger partial charge on any atom is -0.337 e. The zero-order chi connectivity index (χ0) is 23.8. The first-order valence-electron chi connectivity index (χ1n) is 11.2. The second-order valence-electron chi connectivity index (χ2n) is 8.85. The summed E-state index contributed by atoms with van der Waals surface area (Å²) < 4.78 is 15.0. The van der Waals surface area contributed by atoms with E-state index in [2.05, 4.69) is 20.2 Å². The number of aromatic amines is 1. The molecule has 5 rings (SSSR count). The number of likely N-dealkylation sites (N-methyl/N-ethyl adjacent to an activating group) is 1. The van der Waals surface area contributed by atoms with Crippen LogP contribution in [0, 0.1) is 5.82 Å². The van der Waals surface area contributed by atoms with Crippen molar-refractivity contribution in [2.75, 3.05) is 27.2 Å². The summed E-state index contributed by atoms with van der Waals surface area (Å²) in [5.74, 6) is -0.391. The maximum absolute atomic E-state index is 13.4. The number of H-pyrrole nitrogens is 1. The number of halogens is 1. The van der Waals surface area contributed by atoms with E-state index in [9.17, 15) is 14.0 Å². The first-order valence-corrected chi connectivity index (χ1v) is 11.2. The van der Waals surface area contributed by atoms with Gasteiger partial charge >= 0.3 is 0 Å². The zero-order valence-corrected chi connectivity index (χ0v) is 19.0. The van der Waals surface area contributed by atoms with Gasteiger partial charge in [0.2, 0.25) is 0 Å². The van der Waals surface area contributed by atoms with Gasteiger partial charge in [0.1, 0.15) is 11.5 Å². The van der Waals surface area contributed by atoms with Crippen LogP contribution in [0.2, 0.25) is 0 Å². The summed E-state index contributed by atoms with van der Waals surface area (Å²) in [5.41, 5.74) is 2.14. The molecular weight excluding hydrogens is 435 g/mol. The van der Waals surface area contributed by atoms with Crippen LogP contribution in [-0.2, 0) is 0 Å². The molecule has 1 atom stereocenters. The van der Waals surface area contributed by atoms with Crippen LogP contribution in [0.4, 0.5) is 4.39 Å². The number of aromatic nitrogens is 4. The Balaban J connectivity index is 1.36. The number of carbonyl (C=O) groups is 1. The van der Waals surface area contributed by atoms with Crippen molar-refractivity contribution >= 4 is 16.8 Å². The Labute approximate surface area is 195 Å². The molecule has 0 saturated carbocycles. The van der Waals surface area contributed by atoms with Gasteiger partial charge in [0.05, 0.1) is 23.0 Å². The zero-order valence-electron chi connectivity index (χ0n) is 19.0. The number of hydrogen-bond donors (Lipinski definition) is 1. The molecule has 1 aliphatic rings. The summed E-state index contributed by atoms with van der Waals surface area (Å²) in [6.45, 7) is 1.50. The van der Waals surface area contributed by atoms with Gasteiger partial charge in [-0.3, -0.25) is 9.59 Å². The van der Waals surface area contributed by atoms with E-state index in [1.54, 1.807) is 35.1 Å². The number of nitrogens with one attached hydrogen (secondary N) is 1. The third kappa shape index (κ3) is 4.22. The molecule has 4 aromatic rings. The second kappa shape index (κ2) is 8.83. The van der Waals surface area contributed by atoms with Crippen molar-refractivity contribution in [3.05, 3.63) is 76.5 Å². The number of rotatable bonds is 4. The predicted octanol–water partition coefficient (Wildman–Crippen LogP) is 3.08. The quantitative estimate of drug-likeness (QED) is 0.506. The molecule has 1 N–H and O–H groups in total. The highest BCUT2D eigenvalue weighted by atomic mass is 19.1. The van der Waals surface area contributed by atoms with Gasteiger partial charge < -0.3 is 14.8 Å². The number of hydrogen-bond acceptors (Lipinski definition) is 5. The maximum atomic E-state index is 13.4. The molecule has 2 aromatic heterocycles. The van der Waals surface area contributed by atoms with Gasteiger partial charge in [-0.25, -0.2) is 9.07 Å². The lowest BCUT2D eigenvalue weighted by molar-refractivity contribution is 0.0635. The molecule has 1 unspecified atom stereocenters. The van der Waals surface area contributed by atoms with Gasteiger partial charge in [-0.1, -0.05) is 5.21 Å². The number of pyridine rings is 1. The van der Waals surface area contributed by atoms with Gasteiger partial charge in [-0.15, -0.1) is 5.10 Å². The highest BCUT2D eigenvalue weighted by Crippen LogP contribution is 2.21. The van der Waals surface area contributed by atoms with Crippen molar-refractivity contribution in [1.82, 2.24) is 29.8 Å². The molecule has 0 radical (unpaired) electrons. The van der Waals surface area contributed by atoms with Crippen molar-refractivity contribution in [1.29, 1.82) is 0 Å². The first-order chi connectivity index (χ1) is 16.4. The van der Waals surface area contributed by atoms with E-state index >= 15 is 0 Å². The summed E-state index contributed by atoms with van der Waals surface area (Å²) in [6, 6.07) is 13.5. The lowest BCUT2D eigenvalue weighted by atomic mass is 10.0. The fourth-order valence-corrected chi connectivity index (χ4v) is 4.38. The minimum absolute atomic E-state index is 0.0245. The summed E-state index contributed by atoms with van der Waals surface area (Å²) in [5, 5.41) is 8.98. The molecule has 3 heterocycles. The molecule has 0 aliphatic carbocycles. The Morgan fingerprint density at radius 3 is 2.71 bits per heavy atom. The fraction of sp³-hybridized carbons (Fsp3) is 0.280. The van der Waals surface area contributed by atoms with Gasteiger partial charge in [0.15, 0.2) is 0 Å². The van der Waals surface area contributed by atoms with Crippen LogP contribution in [0.25, 0.3) is 27.8 Å². The van der Waals surface area contributed by atoms with E-state index in [4.69, 9.17) is 0 Å². The van der Waals surface area contributed by atoms with Crippen LogP contribution in [0.1, 0.15) is 23.2 Å². The van der Waals surface area contributed by atoms with Crippen molar-refractivity contribution in [3.8, 4) is 16.9 Å². The first kappa shape index (κ1) is 22.0. The van der Waals surface area contributed by atoms with E-state index in [0.29, 0.717) is 33.8 Å². The number of benzene rings is 2. The highest BCUT2D eigenvalue weighted by Gasteiger charge is 2.25. The molecule has 0 bridgehead atoms. The van der Waals surface area contributed by atoms with Gasteiger partial charge in [0.25, 0.3) is 11.5 Å². The third-order valence-electron chi connectivity index (χ3n) is 6.37. The summed E-state index contributed by atoms with van der Waals surface area (Å²) in [6.07, 6.45) is 3.75. The van der Waals surface area contributed by atoms with Crippen LogP contribution in [-0.4, -0.2) is 68.9 Å². The van der Waals surface area contributed by atoms with E-state index < -0.39 is 5.82 Å². The molecule has 0 spiro atoms. The fourth-order valence-electron chi connectivity index (χ4n) is 4.38. The Morgan fingerprint density at radius 1 is 1.15 bits per heavy atom. The highest BCUT2D eigenvalue weighted by molar-refractivity contribution is 5.94. The molecule has 1 fully saturated rings. The number of fused-ring (bicyclic) bond motifs is 1. The molecule has 2 aromatic carbocycles. The molecule has 9 heteroatoms. The SMILES string of the molecule is CN(C)C1CCCN(C(=O)c2ccc(-n3cc(-c4cc5ccc(F)cc5[nH]c4=O)nn3)cc2)C1. The maximum Gasteiger partial charge on any atom is 0.258 e. The molecule has 174 valence electrons. The smallest absolute Gasteiger partial charge is 0.258 e. The van der Waals surface area contributed by atoms with Crippen LogP contribution >= 0.6 is 0 Å². The van der Waals surface area contributed by atoms with Gasteiger partial charge in [0, 0.05) is 24.7 Å². The number of likely N-dealkylation sites (tertiary alicyclic amines) is 1. The standard InChI is InChI=1S/C25H25FN6O2/c1-30(2)20-4-3-11-31(14-20)25(34)16-6-9-19(10-7-16)32-15-23(28-29-32)21-12-17-5-8-18(26)13-22(17)27-24(21)33/h5-10,12-13,15,20H,3-4,11,14H2,1-2H3,(H,27,33). The average Bonchev–Trinajstić information content (AvgIpc) is 3.33. The van der Waals surface area contributed by atoms with Crippen molar-refractivity contribution in [2.24, 2.45) is 0 Å². The molecule has 1 saturated heterocycles. The van der Waals surface area contributed by atoms with E-state index in [0.717, 1.165) is 31.6 Å². The molecular formula is C25H25FN6O2. The van der Waals surface area contributed by atoms with Crippen LogP contribution < -0.4 is 5.56 Å². The third-order valence-corrected chi connectivity index (χ3v) is 6.37. The lowest BCUT2D eigenvalue weighted by Gasteiger charge is -2.36. The average molecular weight is 461 g/mol. The monoisotopic (exact) mass is 460 g/mol. The second-order valence-corrected chi connectivity index (χ2v) is 8.85. The van der Waals surface area contributed by atoms with E-state index in [-0.39, 0.29) is 11.5 Å². The molecule has 34 heavy (non-hydrogen) atoms.